The summed E-state index contributed by atoms with van der Waals surface area (Å²) in [6.45, 7) is 0. The molecule has 0 atom stereocenters. The Labute approximate surface area is 120 Å². The lowest BCUT2D eigenvalue weighted by molar-refractivity contribution is -0.599. The summed E-state index contributed by atoms with van der Waals surface area (Å²) in [5.74, 6) is 0. The molecule has 0 spiro atoms. The topological polar surface area (TPSA) is 65.7 Å². The van der Waals surface area contributed by atoms with E-state index in [9.17, 15) is 26.9 Å². The number of H-pyrrole nitrogens is 2. The number of hydrogen-bond acceptors (Lipinski definition) is 2. The number of aromatic amines is 2. The maximum Gasteiger partial charge on any atom is 0.673 e. The molecule has 4 nitrogen and oxygen atoms in total. The van der Waals surface area contributed by atoms with Crippen LogP contribution >= 0.6 is 0 Å². The monoisotopic (exact) mass is 402 g/mol. The summed E-state index contributed by atoms with van der Waals surface area (Å²) in [7, 11) is -6.00. The van der Waals surface area contributed by atoms with Crippen molar-refractivity contribution in [2.45, 2.75) is 0 Å². The molecule has 2 N–H and O–H groups in total. The van der Waals surface area contributed by atoms with Gasteiger partial charge in [-0.05, 0) is 12.1 Å². The second kappa shape index (κ2) is 7.26. The van der Waals surface area contributed by atoms with E-state index in [1.807, 2.05) is 30.3 Å². The van der Waals surface area contributed by atoms with E-state index in [-0.39, 0.29) is 5.56 Å². The first-order chi connectivity index (χ1) is 9.25. The van der Waals surface area contributed by atoms with Crippen LogP contribution < -0.4 is 32.5 Å². The van der Waals surface area contributed by atoms with Gasteiger partial charge in [-0.3, -0.25) is 9.78 Å². The molecule has 0 bridgehead atoms. The maximum absolute atomic E-state index is 11.4. The molecule has 20 heavy (non-hydrogen) atoms. The summed E-state index contributed by atoms with van der Waals surface area (Å²) in [5.41, 5.74) is -0.740. The molecule has 1 aromatic carbocycles. The Morgan fingerprint density at radius 3 is 2.05 bits per heavy atom. The van der Waals surface area contributed by atoms with Crippen molar-refractivity contribution in [3.05, 3.63) is 64.5 Å². The van der Waals surface area contributed by atoms with Crippen LogP contribution in [0.1, 0.15) is 0 Å². The van der Waals surface area contributed by atoms with Gasteiger partial charge < -0.3 is 22.2 Å². The van der Waals surface area contributed by atoms with E-state index in [0.29, 0.717) is 3.57 Å². The van der Waals surface area contributed by atoms with Gasteiger partial charge in [0.05, 0.1) is 6.20 Å². The lowest BCUT2D eigenvalue weighted by Gasteiger charge is -1.94. The van der Waals surface area contributed by atoms with Gasteiger partial charge in [0.25, 0.3) is 3.57 Å². The van der Waals surface area contributed by atoms with E-state index in [1.54, 1.807) is 0 Å². The molecule has 10 heteroatoms. The van der Waals surface area contributed by atoms with E-state index in [1.165, 1.54) is 6.20 Å². The smallest absolute Gasteiger partial charge is 0.418 e. The standard InChI is InChI=1S/C10H7IN2O2.BF4/c14-9-8(6-12-10(15)13-9)11-7-4-2-1-3-5-7;2-1(3,4)5/h1-6H,(H-,12,13,14,15);/q;-1/p+1. The first kappa shape index (κ1) is 16.5. The molecule has 1 heterocycles. The second-order valence-electron chi connectivity index (χ2n) is 3.30. The summed E-state index contributed by atoms with van der Waals surface area (Å²) >= 11 is -0.520. The average Bonchev–Trinajstić information content (AvgIpc) is 2.32. The highest BCUT2D eigenvalue weighted by Gasteiger charge is 2.20. The minimum Gasteiger partial charge on any atom is -0.418 e. The molecule has 2 rings (SSSR count). The Morgan fingerprint density at radius 2 is 1.55 bits per heavy atom. The van der Waals surface area contributed by atoms with Crippen molar-refractivity contribution in [2.75, 3.05) is 0 Å². The minimum atomic E-state index is -6.00. The van der Waals surface area contributed by atoms with Crippen molar-refractivity contribution >= 4 is 7.25 Å². The lowest BCUT2D eigenvalue weighted by Crippen LogP contribution is -3.62. The summed E-state index contributed by atoms with van der Waals surface area (Å²) in [5, 5.41) is 0. The normalized spacial score (nSPS) is 10.6. The minimum absolute atomic E-state index is 0.282. The van der Waals surface area contributed by atoms with Crippen LogP contribution in [-0.2, 0) is 0 Å². The number of aromatic nitrogens is 2. The van der Waals surface area contributed by atoms with Crippen molar-refractivity contribution < 1.29 is 38.5 Å². The third-order valence-corrected chi connectivity index (χ3v) is 4.44. The molecule has 0 radical (unpaired) electrons. The van der Waals surface area contributed by atoms with Crippen molar-refractivity contribution in [2.24, 2.45) is 0 Å². The van der Waals surface area contributed by atoms with Gasteiger partial charge in [0, 0.05) is 0 Å². The molecule has 0 aliphatic heterocycles. The Hall–Kier alpha value is -1.59. The van der Waals surface area contributed by atoms with Gasteiger partial charge >= 0.3 is 39.7 Å². The van der Waals surface area contributed by atoms with Crippen molar-refractivity contribution in [1.29, 1.82) is 0 Å². The van der Waals surface area contributed by atoms with E-state index in [4.69, 9.17) is 0 Å². The van der Waals surface area contributed by atoms with Crippen molar-refractivity contribution in [1.82, 2.24) is 9.97 Å². The Balaban J connectivity index is 0.000000347. The molecule has 0 amide bonds. The van der Waals surface area contributed by atoms with Gasteiger partial charge in [0.1, 0.15) is 0 Å². The quantitative estimate of drug-likeness (QED) is 0.365. The van der Waals surface area contributed by atoms with Gasteiger partial charge in [-0.1, -0.05) is 18.2 Å². The summed E-state index contributed by atoms with van der Waals surface area (Å²) < 4.78 is 40.8. The number of halogens is 5. The molecular formula is C10H8BF4IN2O2. The van der Waals surface area contributed by atoms with E-state index in [0.717, 1.165) is 3.57 Å². The van der Waals surface area contributed by atoms with E-state index in [2.05, 4.69) is 9.97 Å². The van der Waals surface area contributed by atoms with Gasteiger partial charge in [0.15, 0.2) is 3.57 Å². The van der Waals surface area contributed by atoms with Gasteiger partial charge in [-0.25, -0.2) is 4.79 Å². The first-order valence-electron chi connectivity index (χ1n) is 5.15. The summed E-state index contributed by atoms with van der Waals surface area (Å²) in [6.07, 6.45) is 1.50. The Bertz CT molecular complexity index is 651. The van der Waals surface area contributed by atoms with Crippen molar-refractivity contribution in [3.63, 3.8) is 0 Å². The fraction of sp³-hybridized carbons (Fsp3) is 0. The fourth-order valence-electron chi connectivity index (χ4n) is 1.06. The molecule has 0 saturated carbocycles. The number of nitrogens with one attached hydrogen (secondary N) is 2. The molecule has 0 saturated heterocycles. The first-order valence-corrected chi connectivity index (χ1v) is 7.30. The fourth-order valence-corrected chi connectivity index (χ4v) is 3.20. The SMILES string of the molecule is F[B-](F)(F)F.O=c1[nH]cc([I+]c2ccccc2)c(=O)[nH]1. The predicted octanol–water partition coefficient (Wildman–Crippen LogP) is -1.51. The highest BCUT2D eigenvalue weighted by atomic mass is 127. The van der Waals surface area contributed by atoms with Crippen LogP contribution in [0.2, 0.25) is 0 Å². The van der Waals surface area contributed by atoms with Crippen LogP contribution in [0, 0.1) is 7.14 Å². The Kier molecular flexibility index (Phi) is 5.98. The molecular weight excluding hydrogens is 394 g/mol. The second-order valence-corrected chi connectivity index (χ2v) is 6.25. The van der Waals surface area contributed by atoms with Crippen molar-refractivity contribution in [3.8, 4) is 0 Å². The molecule has 108 valence electrons. The van der Waals surface area contributed by atoms with Crippen LogP contribution in [0.15, 0.2) is 46.1 Å². The number of hydrogen-bond donors (Lipinski definition) is 2. The highest BCUT2D eigenvalue weighted by molar-refractivity contribution is 6.50. The van der Waals surface area contributed by atoms with Crippen LogP contribution in [0.25, 0.3) is 0 Å². The third kappa shape index (κ3) is 7.11. The van der Waals surface area contributed by atoms with E-state index >= 15 is 0 Å². The average molecular weight is 402 g/mol. The molecule has 0 aliphatic carbocycles. The van der Waals surface area contributed by atoms with Crippen LogP contribution in [0.4, 0.5) is 17.3 Å². The number of benzene rings is 1. The summed E-state index contributed by atoms with van der Waals surface area (Å²) in [6, 6.07) is 9.78. The summed E-state index contributed by atoms with van der Waals surface area (Å²) in [4.78, 5) is 26.9. The molecule has 2 aromatic rings. The number of rotatable bonds is 2. The lowest BCUT2D eigenvalue weighted by atomic mass is 10.3. The molecule has 0 aliphatic rings. The van der Waals surface area contributed by atoms with Crippen LogP contribution in [0.3, 0.4) is 0 Å². The Morgan fingerprint density at radius 1 is 1.00 bits per heavy atom. The van der Waals surface area contributed by atoms with E-state index < -0.39 is 34.1 Å². The molecule has 0 unspecified atom stereocenters. The molecule has 1 aromatic heterocycles. The predicted molar refractivity (Wildman–Crippen MR) is 61.7 cm³/mol. The zero-order valence-electron chi connectivity index (χ0n) is 9.75. The highest BCUT2D eigenvalue weighted by Crippen LogP contribution is 2.06. The van der Waals surface area contributed by atoms with Gasteiger partial charge in [-0.2, -0.15) is 0 Å². The van der Waals surface area contributed by atoms with Gasteiger partial charge in [0.2, 0.25) is 0 Å². The van der Waals surface area contributed by atoms with Crippen LogP contribution in [-0.4, -0.2) is 17.2 Å². The molecule has 0 fully saturated rings. The maximum atomic E-state index is 11.4. The third-order valence-electron chi connectivity index (χ3n) is 1.72. The van der Waals surface area contributed by atoms with Gasteiger partial charge in [-0.15, -0.1) is 0 Å². The zero-order valence-corrected chi connectivity index (χ0v) is 11.9. The zero-order chi connectivity index (χ0) is 15.2. The van der Waals surface area contributed by atoms with Crippen LogP contribution in [0.5, 0.6) is 0 Å². The largest absolute Gasteiger partial charge is 0.673 e.